The highest BCUT2D eigenvalue weighted by Crippen LogP contribution is 2.17. The molecule has 0 aliphatic carbocycles. The van der Waals surface area contributed by atoms with Gasteiger partial charge in [-0.05, 0) is 41.4 Å². The number of aryl methyl sites for hydroxylation is 1. The Kier molecular flexibility index (Phi) is 3.46. The lowest BCUT2D eigenvalue weighted by molar-refractivity contribution is -0.137. The van der Waals surface area contributed by atoms with Crippen LogP contribution in [0.5, 0.6) is 0 Å². The molecule has 0 aliphatic heterocycles. The van der Waals surface area contributed by atoms with Gasteiger partial charge in [0.1, 0.15) is 11.9 Å². The zero-order valence-electron chi connectivity index (χ0n) is 7.91. The molecule has 2 N–H and O–H groups in total. The van der Waals surface area contributed by atoms with Crippen LogP contribution >= 0.6 is 15.9 Å². The number of rotatable bonds is 3. The molecule has 1 aromatic heterocycles. The first kappa shape index (κ1) is 11.0. The summed E-state index contributed by atoms with van der Waals surface area (Å²) >= 11 is 3.32. The van der Waals surface area contributed by atoms with Crippen molar-refractivity contribution in [3.05, 3.63) is 22.3 Å². The summed E-state index contributed by atoms with van der Waals surface area (Å²) in [5, 5.41) is 11.4. The van der Waals surface area contributed by atoms with Gasteiger partial charge in [-0.2, -0.15) is 0 Å². The van der Waals surface area contributed by atoms with Crippen molar-refractivity contribution in [2.24, 2.45) is 0 Å². The summed E-state index contributed by atoms with van der Waals surface area (Å²) in [6.07, 6.45) is 1.65. The van der Waals surface area contributed by atoms with Gasteiger partial charge in [-0.3, -0.25) is 4.79 Å². The summed E-state index contributed by atoms with van der Waals surface area (Å²) in [6.45, 7) is 3.49. The first-order valence-electron chi connectivity index (χ1n) is 4.12. The smallest absolute Gasteiger partial charge is 0.325 e. The van der Waals surface area contributed by atoms with Crippen molar-refractivity contribution in [1.82, 2.24) is 4.98 Å². The number of hydrogen-bond donors (Lipinski definition) is 2. The topological polar surface area (TPSA) is 62.2 Å². The molecule has 1 heterocycles. The summed E-state index contributed by atoms with van der Waals surface area (Å²) < 4.78 is 0.908. The second-order valence-corrected chi connectivity index (χ2v) is 3.88. The van der Waals surface area contributed by atoms with E-state index in [-0.39, 0.29) is 0 Å². The van der Waals surface area contributed by atoms with Crippen LogP contribution in [0.2, 0.25) is 0 Å². The number of nitrogens with zero attached hydrogens (tertiary/aromatic N) is 1. The molecule has 4 nitrogen and oxygen atoms in total. The van der Waals surface area contributed by atoms with E-state index in [0.29, 0.717) is 5.82 Å². The van der Waals surface area contributed by atoms with Crippen LogP contribution in [0.15, 0.2) is 16.7 Å². The fraction of sp³-hybridized carbons (Fsp3) is 0.333. The molecule has 14 heavy (non-hydrogen) atoms. The van der Waals surface area contributed by atoms with Crippen molar-refractivity contribution < 1.29 is 9.90 Å². The Balaban J connectivity index is 2.78. The van der Waals surface area contributed by atoms with E-state index in [2.05, 4.69) is 26.2 Å². The van der Waals surface area contributed by atoms with Crippen LogP contribution in [0.4, 0.5) is 5.82 Å². The number of pyridine rings is 1. The number of hydrogen-bond acceptors (Lipinski definition) is 3. The van der Waals surface area contributed by atoms with Gasteiger partial charge in [-0.25, -0.2) is 4.98 Å². The van der Waals surface area contributed by atoms with Crippen molar-refractivity contribution in [2.75, 3.05) is 5.32 Å². The van der Waals surface area contributed by atoms with Gasteiger partial charge in [0.2, 0.25) is 0 Å². The molecular weight excluding hydrogens is 248 g/mol. The third-order valence-electron chi connectivity index (χ3n) is 1.78. The predicted molar refractivity (Wildman–Crippen MR) is 57.4 cm³/mol. The SMILES string of the molecule is Cc1cc(N[C@@H](C)C(=O)O)ncc1Br. The largest absolute Gasteiger partial charge is 0.480 e. The molecule has 0 bridgehead atoms. The fourth-order valence-corrected chi connectivity index (χ4v) is 1.12. The normalized spacial score (nSPS) is 12.2. The maximum absolute atomic E-state index is 10.6. The van der Waals surface area contributed by atoms with Crippen LogP contribution < -0.4 is 5.32 Å². The molecule has 1 rings (SSSR count). The van der Waals surface area contributed by atoms with Gasteiger partial charge in [0.25, 0.3) is 0 Å². The zero-order valence-corrected chi connectivity index (χ0v) is 9.50. The van der Waals surface area contributed by atoms with Crippen LogP contribution in [-0.2, 0) is 4.79 Å². The Morgan fingerprint density at radius 1 is 1.71 bits per heavy atom. The van der Waals surface area contributed by atoms with Gasteiger partial charge in [-0.15, -0.1) is 0 Å². The fourth-order valence-electron chi connectivity index (χ4n) is 0.902. The second kappa shape index (κ2) is 4.41. The highest BCUT2D eigenvalue weighted by Gasteiger charge is 2.10. The molecule has 0 unspecified atom stereocenters. The lowest BCUT2D eigenvalue weighted by Crippen LogP contribution is -2.25. The average molecular weight is 259 g/mol. The number of carboxylic acid groups (broad SMARTS) is 1. The van der Waals surface area contributed by atoms with Gasteiger partial charge >= 0.3 is 5.97 Å². The minimum atomic E-state index is -0.896. The van der Waals surface area contributed by atoms with Crippen LogP contribution in [0.3, 0.4) is 0 Å². The highest BCUT2D eigenvalue weighted by molar-refractivity contribution is 9.10. The highest BCUT2D eigenvalue weighted by atomic mass is 79.9. The van der Waals surface area contributed by atoms with E-state index in [1.807, 2.05) is 6.92 Å². The maximum atomic E-state index is 10.6. The third kappa shape index (κ3) is 2.70. The van der Waals surface area contributed by atoms with Gasteiger partial charge in [0.15, 0.2) is 0 Å². The van der Waals surface area contributed by atoms with Crippen LogP contribution in [0, 0.1) is 6.92 Å². The van der Waals surface area contributed by atoms with E-state index >= 15 is 0 Å². The molecule has 0 radical (unpaired) electrons. The van der Waals surface area contributed by atoms with E-state index < -0.39 is 12.0 Å². The van der Waals surface area contributed by atoms with Gasteiger partial charge < -0.3 is 10.4 Å². The Morgan fingerprint density at radius 2 is 2.36 bits per heavy atom. The lowest BCUT2D eigenvalue weighted by atomic mass is 10.3. The summed E-state index contributed by atoms with van der Waals surface area (Å²) in [7, 11) is 0. The predicted octanol–water partition coefficient (Wildman–Crippen LogP) is 2.04. The van der Waals surface area contributed by atoms with E-state index in [1.165, 1.54) is 0 Å². The van der Waals surface area contributed by atoms with Crippen LogP contribution in [0.25, 0.3) is 0 Å². The molecule has 0 saturated carbocycles. The minimum Gasteiger partial charge on any atom is -0.480 e. The Bertz CT molecular complexity index is 355. The van der Waals surface area contributed by atoms with Crippen molar-refractivity contribution >= 4 is 27.7 Å². The Hall–Kier alpha value is -1.10. The molecule has 1 aromatic rings. The molecule has 0 fully saturated rings. The molecule has 1 atom stereocenters. The summed E-state index contributed by atoms with van der Waals surface area (Å²) in [6, 6.07) is 1.16. The van der Waals surface area contributed by atoms with E-state index in [9.17, 15) is 4.79 Å². The van der Waals surface area contributed by atoms with Gasteiger partial charge in [0.05, 0.1) is 0 Å². The number of anilines is 1. The van der Waals surface area contributed by atoms with E-state index in [4.69, 9.17) is 5.11 Å². The monoisotopic (exact) mass is 258 g/mol. The quantitative estimate of drug-likeness (QED) is 0.871. The second-order valence-electron chi connectivity index (χ2n) is 3.02. The van der Waals surface area contributed by atoms with Crippen LogP contribution in [0.1, 0.15) is 12.5 Å². The Morgan fingerprint density at radius 3 is 2.86 bits per heavy atom. The summed E-state index contributed by atoms with van der Waals surface area (Å²) in [5.74, 6) is -0.326. The molecule has 0 saturated heterocycles. The van der Waals surface area contributed by atoms with Crippen molar-refractivity contribution in [3.8, 4) is 0 Å². The standard InChI is InChI=1S/C9H11BrN2O2/c1-5-3-8(11-4-7(5)10)12-6(2)9(13)14/h3-4,6H,1-2H3,(H,11,12)(H,13,14)/t6-/m0/s1. The molecule has 76 valence electrons. The molecule has 0 spiro atoms. The number of carboxylic acids is 1. The van der Waals surface area contributed by atoms with Crippen molar-refractivity contribution in [1.29, 1.82) is 0 Å². The number of aliphatic carboxylic acids is 1. The van der Waals surface area contributed by atoms with E-state index in [0.717, 1.165) is 10.0 Å². The number of carbonyl (C=O) groups is 1. The number of nitrogens with one attached hydrogen (secondary N) is 1. The number of aromatic nitrogens is 1. The van der Waals surface area contributed by atoms with Crippen molar-refractivity contribution in [2.45, 2.75) is 19.9 Å². The third-order valence-corrected chi connectivity index (χ3v) is 2.61. The molecule has 0 amide bonds. The number of halogens is 1. The van der Waals surface area contributed by atoms with Gasteiger partial charge in [0, 0.05) is 10.7 Å². The summed E-state index contributed by atoms with van der Waals surface area (Å²) in [5.41, 5.74) is 1.01. The maximum Gasteiger partial charge on any atom is 0.325 e. The average Bonchev–Trinajstić information content (AvgIpc) is 2.11. The molecule has 0 aliphatic rings. The van der Waals surface area contributed by atoms with Crippen molar-refractivity contribution in [3.63, 3.8) is 0 Å². The van der Waals surface area contributed by atoms with E-state index in [1.54, 1.807) is 19.2 Å². The minimum absolute atomic E-state index is 0.570. The molecular formula is C9H11BrN2O2. The Labute approximate surface area is 90.5 Å². The molecule has 0 aromatic carbocycles. The lowest BCUT2D eigenvalue weighted by Gasteiger charge is -2.10. The molecule has 5 heteroatoms. The summed E-state index contributed by atoms with van der Waals surface area (Å²) in [4.78, 5) is 14.6. The first-order chi connectivity index (χ1) is 6.50. The zero-order chi connectivity index (χ0) is 10.7. The van der Waals surface area contributed by atoms with Crippen LogP contribution in [-0.4, -0.2) is 22.1 Å². The first-order valence-corrected chi connectivity index (χ1v) is 4.91. The van der Waals surface area contributed by atoms with Gasteiger partial charge in [-0.1, -0.05) is 0 Å².